The molecule has 2 aliphatic rings. The lowest BCUT2D eigenvalue weighted by Crippen LogP contribution is -2.21. The predicted molar refractivity (Wildman–Crippen MR) is 114 cm³/mol. The maximum absolute atomic E-state index is 14.1. The largest absolute Gasteiger partial charge is 0.309 e. The molecule has 1 aromatic heterocycles. The summed E-state index contributed by atoms with van der Waals surface area (Å²) in [5, 5.41) is -0.489. The van der Waals surface area contributed by atoms with Crippen LogP contribution in [-0.4, -0.2) is 30.2 Å². The lowest BCUT2D eigenvalue weighted by molar-refractivity contribution is 0.587. The van der Waals surface area contributed by atoms with Gasteiger partial charge in [-0.1, -0.05) is 24.3 Å². The van der Waals surface area contributed by atoms with Gasteiger partial charge in [0.05, 0.1) is 10.1 Å². The Balaban J connectivity index is 1.55. The van der Waals surface area contributed by atoms with E-state index in [0.717, 1.165) is 30.6 Å². The Morgan fingerprint density at radius 2 is 1.77 bits per heavy atom. The van der Waals surface area contributed by atoms with E-state index in [1.165, 1.54) is 6.07 Å². The van der Waals surface area contributed by atoms with Gasteiger partial charge in [-0.05, 0) is 50.5 Å². The van der Waals surface area contributed by atoms with Crippen LogP contribution in [0.3, 0.4) is 0 Å². The summed E-state index contributed by atoms with van der Waals surface area (Å²) in [6.45, 7) is 4.10. The second-order valence-corrected chi connectivity index (χ2v) is 10.9. The zero-order valence-corrected chi connectivity index (χ0v) is 17.7. The van der Waals surface area contributed by atoms with Crippen molar-refractivity contribution in [1.82, 2.24) is 9.97 Å². The van der Waals surface area contributed by atoms with E-state index in [9.17, 15) is 12.8 Å². The number of benzene rings is 2. The van der Waals surface area contributed by atoms with Gasteiger partial charge < -0.3 is 4.90 Å². The van der Waals surface area contributed by atoms with Crippen LogP contribution in [0.4, 0.5) is 16.0 Å². The first-order chi connectivity index (χ1) is 14.3. The number of aromatic nitrogens is 2. The highest BCUT2D eigenvalue weighted by Crippen LogP contribution is 2.58. The summed E-state index contributed by atoms with van der Waals surface area (Å²) in [6, 6.07) is 12.0. The molecular weight excluding hydrogens is 401 g/mol. The van der Waals surface area contributed by atoms with Crippen molar-refractivity contribution in [1.29, 1.82) is 0 Å². The van der Waals surface area contributed by atoms with E-state index >= 15 is 0 Å². The lowest BCUT2D eigenvalue weighted by atomic mass is 9.99. The zero-order chi connectivity index (χ0) is 21.1. The van der Waals surface area contributed by atoms with Gasteiger partial charge in [-0.15, -0.1) is 0 Å². The highest BCUT2D eigenvalue weighted by atomic mass is 32.2. The van der Waals surface area contributed by atoms with Gasteiger partial charge in [-0.2, -0.15) is 0 Å². The first-order valence-electron chi connectivity index (χ1n) is 10.0. The number of nitrogens with zero attached hydrogens (tertiary/aromatic N) is 3. The van der Waals surface area contributed by atoms with Crippen molar-refractivity contribution in [2.75, 3.05) is 11.4 Å². The Morgan fingerprint density at radius 1 is 1.07 bits per heavy atom. The second-order valence-electron chi connectivity index (χ2n) is 8.39. The molecule has 2 aromatic carbocycles. The third kappa shape index (κ3) is 2.91. The molecule has 154 valence electrons. The van der Waals surface area contributed by atoms with Crippen LogP contribution in [0.15, 0.2) is 59.8 Å². The predicted octanol–water partition coefficient (Wildman–Crippen LogP) is 4.65. The summed E-state index contributed by atoms with van der Waals surface area (Å²) in [5.41, 5.74) is 3.13. The number of fused-ring (bicyclic) bond motifs is 2. The molecule has 1 spiro atoms. The van der Waals surface area contributed by atoms with Crippen molar-refractivity contribution in [2.45, 2.75) is 42.2 Å². The van der Waals surface area contributed by atoms with E-state index in [1.54, 1.807) is 56.6 Å². The molecule has 5 nitrogen and oxygen atoms in total. The van der Waals surface area contributed by atoms with E-state index in [-0.39, 0.29) is 11.2 Å². The van der Waals surface area contributed by atoms with Crippen molar-refractivity contribution in [3.8, 4) is 11.1 Å². The average molecular weight is 424 g/mol. The topological polar surface area (TPSA) is 63.2 Å². The van der Waals surface area contributed by atoms with Gasteiger partial charge in [0.15, 0.2) is 9.84 Å². The summed E-state index contributed by atoms with van der Waals surface area (Å²) < 4.78 is 39.5. The number of hydrogen-bond acceptors (Lipinski definition) is 5. The van der Waals surface area contributed by atoms with Crippen LogP contribution >= 0.6 is 0 Å². The number of hydrogen-bond donors (Lipinski definition) is 0. The fourth-order valence-electron chi connectivity index (χ4n) is 4.16. The maximum atomic E-state index is 14.1. The summed E-state index contributed by atoms with van der Waals surface area (Å²) in [7, 11) is -3.38. The molecule has 0 saturated heterocycles. The molecule has 5 rings (SSSR count). The van der Waals surface area contributed by atoms with Crippen LogP contribution in [-0.2, 0) is 15.3 Å². The van der Waals surface area contributed by atoms with Gasteiger partial charge in [0.1, 0.15) is 5.82 Å². The van der Waals surface area contributed by atoms with Crippen LogP contribution in [0.5, 0.6) is 0 Å². The van der Waals surface area contributed by atoms with E-state index in [1.807, 2.05) is 11.0 Å². The Kier molecular flexibility index (Phi) is 4.22. The minimum atomic E-state index is -3.38. The van der Waals surface area contributed by atoms with Crippen LogP contribution in [0.2, 0.25) is 0 Å². The van der Waals surface area contributed by atoms with Crippen LogP contribution in [0, 0.1) is 5.82 Å². The Labute approximate surface area is 175 Å². The van der Waals surface area contributed by atoms with E-state index in [0.29, 0.717) is 22.0 Å². The third-order valence-corrected chi connectivity index (χ3v) is 8.31. The lowest BCUT2D eigenvalue weighted by Gasteiger charge is -2.18. The fraction of sp³-hybridized carbons (Fsp3) is 0.304. The molecule has 0 amide bonds. The molecule has 0 radical (unpaired) electrons. The molecule has 2 heterocycles. The number of rotatable bonds is 4. The Hall–Kier alpha value is -2.80. The van der Waals surface area contributed by atoms with Crippen LogP contribution in [0.25, 0.3) is 11.1 Å². The van der Waals surface area contributed by atoms with Gasteiger partial charge in [0.25, 0.3) is 0 Å². The number of anilines is 2. The van der Waals surface area contributed by atoms with Gasteiger partial charge >= 0.3 is 0 Å². The summed E-state index contributed by atoms with van der Waals surface area (Å²) in [6.07, 6.45) is 5.38. The fourth-order valence-corrected chi connectivity index (χ4v) is 5.24. The zero-order valence-electron chi connectivity index (χ0n) is 16.8. The quantitative estimate of drug-likeness (QED) is 0.611. The smallest absolute Gasteiger partial charge is 0.229 e. The van der Waals surface area contributed by atoms with Crippen molar-refractivity contribution < 1.29 is 12.8 Å². The molecule has 0 N–H and O–H groups in total. The monoisotopic (exact) mass is 423 g/mol. The second kappa shape index (κ2) is 6.60. The number of halogens is 1. The third-order valence-electron chi connectivity index (χ3n) is 6.16. The maximum Gasteiger partial charge on any atom is 0.229 e. The van der Waals surface area contributed by atoms with Crippen LogP contribution < -0.4 is 4.90 Å². The van der Waals surface area contributed by atoms with E-state index < -0.39 is 15.1 Å². The molecular formula is C23H22FN3O2S. The molecule has 1 saturated carbocycles. The van der Waals surface area contributed by atoms with Crippen LogP contribution in [0.1, 0.15) is 32.3 Å². The van der Waals surface area contributed by atoms with Crippen molar-refractivity contribution in [3.63, 3.8) is 0 Å². The van der Waals surface area contributed by atoms with E-state index in [4.69, 9.17) is 0 Å². The summed E-state index contributed by atoms with van der Waals surface area (Å²) >= 11 is 0. The van der Waals surface area contributed by atoms with Crippen molar-refractivity contribution >= 4 is 21.5 Å². The highest BCUT2D eigenvalue weighted by molar-refractivity contribution is 7.92. The average Bonchev–Trinajstić information content (AvgIpc) is 3.45. The first kappa shape index (κ1) is 19.2. The van der Waals surface area contributed by atoms with Gasteiger partial charge in [-0.3, -0.25) is 0 Å². The van der Waals surface area contributed by atoms with Crippen molar-refractivity contribution in [3.05, 3.63) is 66.2 Å². The SMILES string of the molecule is CC(C)S(=O)(=O)c1ccc2c(c1)N(c1ncc(-c3ccccc3F)cn1)CC21CC1. The molecule has 1 aliphatic carbocycles. The summed E-state index contributed by atoms with van der Waals surface area (Å²) in [4.78, 5) is 11.3. The molecule has 0 atom stereocenters. The Morgan fingerprint density at radius 3 is 2.40 bits per heavy atom. The van der Waals surface area contributed by atoms with Gasteiger partial charge in [-0.25, -0.2) is 22.8 Å². The molecule has 1 aliphatic heterocycles. The Bertz CT molecular complexity index is 1240. The first-order valence-corrected chi connectivity index (χ1v) is 11.6. The molecule has 0 unspecified atom stereocenters. The normalized spacial score (nSPS) is 16.9. The molecule has 3 aromatic rings. The van der Waals surface area contributed by atoms with Gasteiger partial charge in [0.2, 0.25) is 5.95 Å². The molecule has 7 heteroatoms. The minimum absolute atomic E-state index is 0.0586. The molecule has 1 fully saturated rings. The molecule has 0 bridgehead atoms. The van der Waals surface area contributed by atoms with E-state index in [2.05, 4.69) is 9.97 Å². The standard InChI is InChI=1S/C23H22FN3O2S/c1-15(2)30(28,29)17-7-8-19-21(11-17)27(14-23(19)9-10-23)22-25-12-16(13-26-22)18-5-3-4-6-20(18)24/h3-8,11-13,15H,9-10,14H2,1-2H3. The molecule has 30 heavy (non-hydrogen) atoms. The van der Waals surface area contributed by atoms with Crippen molar-refractivity contribution in [2.24, 2.45) is 0 Å². The van der Waals surface area contributed by atoms with Gasteiger partial charge in [0, 0.05) is 41.2 Å². The minimum Gasteiger partial charge on any atom is -0.309 e. The highest BCUT2D eigenvalue weighted by Gasteiger charge is 2.52. The summed E-state index contributed by atoms with van der Waals surface area (Å²) in [5.74, 6) is 0.181. The number of sulfone groups is 1.